The molecular weight excluding hydrogens is 336 g/mol. The summed E-state index contributed by atoms with van der Waals surface area (Å²) >= 11 is 0. The minimum absolute atomic E-state index is 0.0968. The molecule has 0 amide bonds. The Morgan fingerprint density at radius 1 is 1.15 bits per heavy atom. The van der Waals surface area contributed by atoms with Crippen LogP contribution in [0.1, 0.15) is 5.69 Å². The number of rotatable bonds is 5. The van der Waals surface area contributed by atoms with E-state index < -0.39 is 0 Å². The highest BCUT2D eigenvalue weighted by Crippen LogP contribution is 2.28. The van der Waals surface area contributed by atoms with Crippen LogP contribution < -0.4 is 5.56 Å². The van der Waals surface area contributed by atoms with Crippen LogP contribution in [0.5, 0.6) is 0 Å². The van der Waals surface area contributed by atoms with Crippen LogP contribution in [0.25, 0.3) is 27.9 Å². The Labute approximate surface area is 147 Å². The summed E-state index contributed by atoms with van der Waals surface area (Å²) in [4.78, 5) is 16.8. The molecular formula is C17H16N6O3. The summed E-state index contributed by atoms with van der Waals surface area (Å²) in [6.45, 7) is 0.266. The van der Waals surface area contributed by atoms with Crippen LogP contribution in [-0.4, -0.2) is 48.2 Å². The van der Waals surface area contributed by atoms with Gasteiger partial charge in [-0.25, -0.2) is 4.98 Å². The molecule has 9 heteroatoms. The number of fused-ring (bicyclic) bond motifs is 3. The van der Waals surface area contributed by atoms with Gasteiger partial charge in [-0.1, -0.05) is 30.3 Å². The average molecular weight is 352 g/mol. The molecule has 9 nitrogen and oxygen atoms in total. The van der Waals surface area contributed by atoms with Crippen molar-refractivity contribution in [1.82, 2.24) is 29.4 Å². The molecule has 0 bridgehead atoms. The van der Waals surface area contributed by atoms with E-state index in [1.54, 1.807) is 7.11 Å². The maximum Gasteiger partial charge on any atom is 0.283 e. The largest absolute Gasteiger partial charge is 0.395 e. The van der Waals surface area contributed by atoms with Crippen molar-refractivity contribution >= 4 is 16.8 Å². The fourth-order valence-electron chi connectivity index (χ4n) is 2.91. The van der Waals surface area contributed by atoms with Gasteiger partial charge in [-0.05, 0) is 5.56 Å². The molecule has 0 saturated heterocycles. The smallest absolute Gasteiger partial charge is 0.283 e. The van der Waals surface area contributed by atoms with Crippen molar-refractivity contribution in [2.75, 3.05) is 13.7 Å². The van der Waals surface area contributed by atoms with Crippen LogP contribution in [0.15, 0.2) is 41.5 Å². The topological polar surface area (TPSA) is 107 Å². The number of hydrogen-bond donors (Lipinski definition) is 1. The van der Waals surface area contributed by atoms with Crippen molar-refractivity contribution in [2.24, 2.45) is 0 Å². The lowest BCUT2D eigenvalue weighted by atomic mass is 10.1. The normalized spacial score (nSPS) is 11.5. The fraction of sp³-hybridized carbons (Fsp3) is 0.235. The van der Waals surface area contributed by atoms with Gasteiger partial charge < -0.3 is 9.84 Å². The van der Waals surface area contributed by atoms with E-state index in [0.29, 0.717) is 17.0 Å². The van der Waals surface area contributed by atoms with Crippen molar-refractivity contribution < 1.29 is 9.84 Å². The van der Waals surface area contributed by atoms with Gasteiger partial charge in [0, 0.05) is 7.11 Å². The summed E-state index contributed by atoms with van der Waals surface area (Å²) < 4.78 is 8.08. The number of aliphatic hydroxyl groups excluding tert-OH is 1. The van der Waals surface area contributed by atoms with E-state index in [-0.39, 0.29) is 30.8 Å². The lowest BCUT2D eigenvalue weighted by Crippen LogP contribution is -2.24. The van der Waals surface area contributed by atoms with Crippen LogP contribution >= 0.6 is 0 Å². The predicted molar refractivity (Wildman–Crippen MR) is 93.6 cm³/mol. The van der Waals surface area contributed by atoms with E-state index in [4.69, 9.17) is 9.84 Å². The second-order valence-electron chi connectivity index (χ2n) is 5.70. The summed E-state index contributed by atoms with van der Waals surface area (Å²) in [6, 6.07) is 9.69. The van der Waals surface area contributed by atoms with Gasteiger partial charge in [-0.3, -0.25) is 9.36 Å². The lowest BCUT2D eigenvalue weighted by molar-refractivity contribution is 0.181. The molecule has 0 unspecified atom stereocenters. The van der Waals surface area contributed by atoms with Gasteiger partial charge >= 0.3 is 0 Å². The summed E-state index contributed by atoms with van der Waals surface area (Å²) in [7, 11) is 1.59. The van der Waals surface area contributed by atoms with Crippen molar-refractivity contribution in [3.63, 3.8) is 0 Å². The molecule has 3 heterocycles. The van der Waals surface area contributed by atoms with Crippen LogP contribution in [0, 0.1) is 0 Å². The molecule has 4 aromatic rings. The van der Waals surface area contributed by atoms with Gasteiger partial charge in [-0.15, -0.1) is 10.2 Å². The fourth-order valence-corrected chi connectivity index (χ4v) is 2.91. The van der Waals surface area contributed by atoms with Gasteiger partial charge in [-0.2, -0.15) is 9.61 Å². The van der Waals surface area contributed by atoms with Crippen molar-refractivity contribution in [1.29, 1.82) is 0 Å². The maximum absolute atomic E-state index is 12.5. The molecule has 0 aliphatic carbocycles. The first-order valence-electron chi connectivity index (χ1n) is 8.03. The van der Waals surface area contributed by atoms with E-state index in [1.807, 2.05) is 30.3 Å². The van der Waals surface area contributed by atoms with Crippen LogP contribution in [-0.2, 0) is 17.9 Å². The molecule has 3 aromatic heterocycles. The number of benzene rings is 1. The van der Waals surface area contributed by atoms with Gasteiger partial charge in [0.25, 0.3) is 5.56 Å². The second-order valence-corrected chi connectivity index (χ2v) is 5.70. The summed E-state index contributed by atoms with van der Waals surface area (Å²) in [5.74, 6) is 0. The first-order valence-corrected chi connectivity index (χ1v) is 8.03. The highest BCUT2D eigenvalue weighted by Gasteiger charge is 2.20. The summed E-state index contributed by atoms with van der Waals surface area (Å²) in [5.41, 5.74) is 2.95. The Morgan fingerprint density at radius 2 is 1.96 bits per heavy atom. The van der Waals surface area contributed by atoms with E-state index in [2.05, 4.69) is 20.3 Å². The minimum atomic E-state index is -0.372. The van der Waals surface area contributed by atoms with Crippen molar-refractivity contribution in [3.8, 4) is 11.1 Å². The number of aromatic nitrogens is 6. The molecule has 0 spiro atoms. The van der Waals surface area contributed by atoms with Crippen LogP contribution in [0.3, 0.4) is 0 Å². The van der Waals surface area contributed by atoms with Gasteiger partial charge in [0.15, 0.2) is 16.8 Å². The molecule has 0 aliphatic heterocycles. The van der Waals surface area contributed by atoms with Gasteiger partial charge in [0.05, 0.1) is 31.0 Å². The zero-order valence-electron chi connectivity index (χ0n) is 14.0. The third-order valence-electron chi connectivity index (χ3n) is 4.06. The van der Waals surface area contributed by atoms with E-state index >= 15 is 0 Å². The highest BCUT2D eigenvalue weighted by molar-refractivity contribution is 5.83. The number of aliphatic hydroxyl groups is 1. The van der Waals surface area contributed by atoms with E-state index in [0.717, 1.165) is 11.1 Å². The summed E-state index contributed by atoms with van der Waals surface area (Å²) in [5, 5.41) is 21.9. The number of methoxy groups -OCH3 is 1. The second kappa shape index (κ2) is 6.62. The molecule has 0 saturated carbocycles. The van der Waals surface area contributed by atoms with Gasteiger partial charge in [0.2, 0.25) is 0 Å². The third kappa shape index (κ3) is 2.54. The van der Waals surface area contributed by atoms with E-state index in [1.165, 1.54) is 15.4 Å². The summed E-state index contributed by atoms with van der Waals surface area (Å²) in [6.07, 6.45) is 1.38. The number of hydrogen-bond acceptors (Lipinski definition) is 7. The van der Waals surface area contributed by atoms with Crippen molar-refractivity contribution in [3.05, 3.63) is 52.7 Å². The molecule has 0 fully saturated rings. The first-order chi connectivity index (χ1) is 12.7. The zero-order valence-corrected chi connectivity index (χ0v) is 14.0. The quantitative estimate of drug-likeness (QED) is 0.561. The number of ether oxygens (including phenoxy) is 1. The third-order valence-corrected chi connectivity index (χ3v) is 4.06. The first kappa shape index (κ1) is 16.3. The Kier molecular flexibility index (Phi) is 4.15. The van der Waals surface area contributed by atoms with E-state index in [9.17, 15) is 4.79 Å². The molecule has 4 rings (SSSR count). The molecule has 1 aromatic carbocycles. The maximum atomic E-state index is 12.5. The molecule has 132 valence electrons. The van der Waals surface area contributed by atoms with Crippen molar-refractivity contribution in [2.45, 2.75) is 13.2 Å². The van der Waals surface area contributed by atoms with Crippen LogP contribution in [0.4, 0.5) is 0 Å². The Bertz CT molecular complexity index is 1140. The standard InChI is InChI=1S/C17H16N6O3/c1-26-9-12-13(11-5-3-2-4-6-11)15-20-19-14-16(23(15)21-12)18-10-22(7-8-24)17(14)25/h2-6,10,24H,7-9H2,1H3. The molecule has 1 N–H and O–H groups in total. The SMILES string of the molecule is COCc1nn2c(nnc3c(=O)n(CCO)cnc32)c1-c1ccccc1. The average Bonchev–Trinajstić information content (AvgIpc) is 3.03. The monoisotopic (exact) mass is 352 g/mol. The zero-order chi connectivity index (χ0) is 18.1. The molecule has 0 radical (unpaired) electrons. The Morgan fingerprint density at radius 3 is 2.69 bits per heavy atom. The minimum Gasteiger partial charge on any atom is -0.395 e. The Hall–Kier alpha value is -3.17. The van der Waals surface area contributed by atoms with Gasteiger partial charge in [0.1, 0.15) is 6.33 Å². The lowest BCUT2D eigenvalue weighted by Gasteiger charge is -2.04. The molecule has 0 aliphatic rings. The highest BCUT2D eigenvalue weighted by atomic mass is 16.5. The van der Waals surface area contributed by atoms with Crippen LogP contribution in [0.2, 0.25) is 0 Å². The molecule has 26 heavy (non-hydrogen) atoms. The predicted octanol–water partition coefficient (Wildman–Crippen LogP) is 0.640. The number of nitrogens with zero attached hydrogens (tertiary/aromatic N) is 6. The molecule has 0 atom stereocenters. The Balaban J connectivity index is 2.04.